The molecule has 3 saturated heterocycles. The van der Waals surface area contributed by atoms with Gasteiger partial charge in [0, 0.05) is 23.0 Å². The zero-order valence-corrected chi connectivity index (χ0v) is 17.8. The fraction of sp³-hybridized carbons (Fsp3) is 0.200. The quantitative estimate of drug-likeness (QED) is 0.597. The van der Waals surface area contributed by atoms with Gasteiger partial charge in [-0.2, -0.15) is 5.26 Å². The molecule has 0 aromatic heterocycles. The molecule has 0 saturated carbocycles. The number of nitrogens with one attached hydrogen (secondary N) is 1. The van der Waals surface area contributed by atoms with E-state index >= 15 is 0 Å². The van der Waals surface area contributed by atoms with E-state index in [1.54, 1.807) is 46.2 Å². The molecule has 3 atom stereocenters. The van der Waals surface area contributed by atoms with Crippen molar-refractivity contribution in [3.8, 4) is 6.07 Å². The molecule has 3 aliphatic heterocycles. The smallest absolute Gasteiger partial charge is 0.317 e. The van der Waals surface area contributed by atoms with Gasteiger partial charge in [0.1, 0.15) is 11.9 Å². The highest BCUT2D eigenvalue weighted by Gasteiger charge is 2.63. The van der Waals surface area contributed by atoms with Crippen LogP contribution in [0.3, 0.4) is 0 Å². The molecule has 2 unspecified atom stereocenters. The number of urea groups is 2. The lowest BCUT2D eigenvalue weighted by Gasteiger charge is -2.34. The van der Waals surface area contributed by atoms with Crippen molar-refractivity contribution in [2.45, 2.75) is 24.5 Å². The predicted molar refractivity (Wildman–Crippen MR) is 121 cm³/mol. The highest BCUT2D eigenvalue weighted by molar-refractivity contribution is 6.25. The zero-order chi connectivity index (χ0) is 23.6. The maximum Gasteiger partial charge on any atom is 0.332 e. The molecule has 3 fully saturated rings. The molecule has 6 rings (SSSR count). The van der Waals surface area contributed by atoms with Crippen LogP contribution in [-0.2, 0) is 4.79 Å². The van der Waals surface area contributed by atoms with E-state index in [0.29, 0.717) is 40.7 Å². The number of carbonyl (C=O) groups excluding carboxylic acids is 3. The number of piperazine rings is 1. The van der Waals surface area contributed by atoms with Crippen LogP contribution in [0, 0.1) is 17.1 Å². The molecule has 34 heavy (non-hydrogen) atoms. The average molecular weight is 455 g/mol. The number of amides is 5. The summed E-state index contributed by atoms with van der Waals surface area (Å²) in [5, 5.41) is 13.5. The first-order valence-corrected chi connectivity index (χ1v) is 10.9. The van der Waals surface area contributed by atoms with Gasteiger partial charge in [0.2, 0.25) is 0 Å². The summed E-state index contributed by atoms with van der Waals surface area (Å²) in [6, 6.07) is 15.7. The third-order valence-electron chi connectivity index (χ3n) is 6.88. The molecule has 3 aliphatic rings. The minimum Gasteiger partial charge on any atom is -0.317 e. The van der Waals surface area contributed by atoms with Crippen molar-refractivity contribution in [2.75, 3.05) is 16.8 Å². The van der Waals surface area contributed by atoms with Crippen LogP contribution in [-0.4, -0.2) is 52.4 Å². The lowest BCUT2D eigenvalue weighted by Crippen LogP contribution is -2.55. The monoisotopic (exact) mass is 455 g/mol. The Bertz CT molecular complexity index is 1420. The Kier molecular flexibility index (Phi) is 4.32. The van der Waals surface area contributed by atoms with Crippen molar-refractivity contribution in [3.05, 3.63) is 72.0 Å². The Hall–Kier alpha value is -4.45. The summed E-state index contributed by atoms with van der Waals surface area (Å²) in [6.07, 6.45) is 0.529. The van der Waals surface area contributed by atoms with Gasteiger partial charge in [0.05, 0.1) is 29.4 Å². The number of anilines is 2. The number of nitrogens with zero attached hydrogens (tertiary/aromatic N) is 4. The van der Waals surface area contributed by atoms with Crippen LogP contribution in [0.4, 0.5) is 25.4 Å². The highest BCUT2D eigenvalue weighted by atomic mass is 19.1. The van der Waals surface area contributed by atoms with Gasteiger partial charge in [-0.05, 0) is 42.8 Å². The normalized spacial score (nSPS) is 22.9. The highest BCUT2D eigenvalue weighted by Crippen LogP contribution is 2.43. The number of imide groups is 1. The topological polar surface area (TPSA) is 96.8 Å². The number of carbonyl (C=O) groups is 3. The van der Waals surface area contributed by atoms with Crippen molar-refractivity contribution in [2.24, 2.45) is 0 Å². The van der Waals surface area contributed by atoms with Gasteiger partial charge in [0.25, 0.3) is 5.91 Å². The van der Waals surface area contributed by atoms with Crippen molar-refractivity contribution in [1.82, 2.24) is 9.80 Å². The van der Waals surface area contributed by atoms with E-state index in [4.69, 9.17) is 0 Å². The first-order valence-electron chi connectivity index (χ1n) is 10.9. The van der Waals surface area contributed by atoms with Crippen molar-refractivity contribution >= 4 is 40.1 Å². The number of halogens is 1. The number of hydrogen-bond acceptors (Lipinski definition) is 4. The van der Waals surface area contributed by atoms with Gasteiger partial charge in [-0.15, -0.1) is 0 Å². The molecule has 3 heterocycles. The molecule has 0 radical (unpaired) electrons. The molecule has 3 aromatic carbocycles. The van der Waals surface area contributed by atoms with Gasteiger partial charge in [-0.3, -0.25) is 4.79 Å². The second-order valence-corrected chi connectivity index (χ2v) is 8.64. The SMILES string of the molecule is N#Cc1ccc(N2C(=O)[C@H]3C4CC(CN4C(=O)Nc4ccc(F)cc4)N3C2=O)c2ccccc12. The summed E-state index contributed by atoms with van der Waals surface area (Å²) in [4.78, 5) is 44.2. The second-order valence-electron chi connectivity index (χ2n) is 8.64. The third kappa shape index (κ3) is 2.78. The van der Waals surface area contributed by atoms with E-state index in [2.05, 4.69) is 11.4 Å². The van der Waals surface area contributed by atoms with Crippen LogP contribution in [0.25, 0.3) is 10.8 Å². The summed E-state index contributed by atoms with van der Waals surface area (Å²) in [5.41, 5.74) is 1.34. The Morgan fingerprint density at radius 2 is 1.76 bits per heavy atom. The van der Waals surface area contributed by atoms with E-state index in [1.807, 2.05) is 0 Å². The predicted octanol–water partition coefficient (Wildman–Crippen LogP) is 3.68. The number of nitriles is 1. The van der Waals surface area contributed by atoms with E-state index in [-0.39, 0.29) is 18.0 Å². The summed E-state index contributed by atoms with van der Waals surface area (Å²) < 4.78 is 13.2. The first kappa shape index (κ1) is 20.2. The maximum atomic E-state index is 13.5. The molecule has 5 amide bonds. The molecular weight excluding hydrogens is 437 g/mol. The molecule has 3 aromatic rings. The molecule has 1 N–H and O–H groups in total. The minimum absolute atomic E-state index is 0.264. The van der Waals surface area contributed by atoms with Crippen LogP contribution in [0.2, 0.25) is 0 Å². The third-order valence-corrected chi connectivity index (χ3v) is 6.88. The van der Waals surface area contributed by atoms with Crippen molar-refractivity contribution in [1.29, 1.82) is 5.26 Å². The lowest BCUT2D eigenvalue weighted by molar-refractivity contribution is -0.120. The summed E-state index contributed by atoms with van der Waals surface area (Å²) in [7, 11) is 0. The van der Waals surface area contributed by atoms with Gasteiger partial charge < -0.3 is 15.1 Å². The van der Waals surface area contributed by atoms with E-state index in [0.717, 1.165) is 0 Å². The van der Waals surface area contributed by atoms with Crippen LogP contribution in [0.1, 0.15) is 12.0 Å². The Morgan fingerprint density at radius 3 is 2.50 bits per heavy atom. The van der Waals surface area contributed by atoms with Crippen LogP contribution in [0.15, 0.2) is 60.7 Å². The number of hydrogen-bond donors (Lipinski definition) is 1. The van der Waals surface area contributed by atoms with E-state index in [9.17, 15) is 24.0 Å². The Labute approximate surface area is 193 Å². The molecular formula is C25H18FN5O3. The van der Waals surface area contributed by atoms with Gasteiger partial charge in [0.15, 0.2) is 0 Å². The second kappa shape index (κ2) is 7.28. The summed E-state index contributed by atoms with van der Waals surface area (Å²) >= 11 is 0. The van der Waals surface area contributed by atoms with E-state index < -0.39 is 23.9 Å². The van der Waals surface area contributed by atoms with Crippen molar-refractivity contribution < 1.29 is 18.8 Å². The standard InChI is InChI=1S/C25H18FN5O3/c26-15-6-8-16(9-7-15)28-24(33)29-13-17-11-21(29)22-23(32)31(25(34)30(17)22)20-10-5-14(12-27)18-3-1-2-4-19(18)20/h1-10,17,21-22H,11,13H2,(H,28,33)/t17?,21?,22-/m1/s1. The number of rotatable bonds is 2. The number of fused-ring (bicyclic) bond motifs is 6. The molecule has 8 nitrogen and oxygen atoms in total. The Morgan fingerprint density at radius 1 is 1.03 bits per heavy atom. The molecule has 168 valence electrons. The van der Waals surface area contributed by atoms with Crippen LogP contribution < -0.4 is 10.2 Å². The first-order chi connectivity index (χ1) is 16.5. The van der Waals surface area contributed by atoms with Gasteiger partial charge >= 0.3 is 12.1 Å². The molecule has 2 bridgehead atoms. The summed E-state index contributed by atoms with van der Waals surface area (Å²) in [5.74, 6) is -0.786. The maximum absolute atomic E-state index is 13.5. The zero-order valence-electron chi connectivity index (χ0n) is 17.8. The van der Waals surface area contributed by atoms with E-state index in [1.165, 1.54) is 29.2 Å². The fourth-order valence-electron chi connectivity index (χ4n) is 5.42. The average Bonchev–Trinajstić information content (AvgIpc) is 3.51. The Balaban J connectivity index is 1.31. The van der Waals surface area contributed by atoms with Gasteiger partial charge in [-0.1, -0.05) is 24.3 Å². The number of benzene rings is 3. The fourth-order valence-corrected chi connectivity index (χ4v) is 5.42. The largest absolute Gasteiger partial charge is 0.332 e. The number of likely N-dealkylation sites (tertiary alicyclic amines) is 1. The van der Waals surface area contributed by atoms with Crippen LogP contribution in [0.5, 0.6) is 0 Å². The minimum atomic E-state index is -0.764. The van der Waals surface area contributed by atoms with Crippen LogP contribution >= 0.6 is 0 Å². The van der Waals surface area contributed by atoms with Crippen molar-refractivity contribution in [3.63, 3.8) is 0 Å². The molecule has 9 heteroatoms. The summed E-state index contributed by atoms with van der Waals surface area (Å²) in [6.45, 7) is 0.315. The molecule has 0 spiro atoms. The molecule has 0 aliphatic carbocycles. The van der Waals surface area contributed by atoms with Gasteiger partial charge in [-0.25, -0.2) is 18.9 Å². The lowest BCUT2D eigenvalue weighted by atomic mass is 10.0.